The number of anilines is 1. The van der Waals surface area contributed by atoms with E-state index < -0.39 is 18.4 Å². The number of nitrogens with zero attached hydrogens (tertiary/aromatic N) is 3. The third kappa shape index (κ3) is 5.70. The topological polar surface area (TPSA) is 116 Å². The molecule has 8 nitrogen and oxygen atoms in total. The third-order valence-electron chi connectivity index (χ3n) is 5.90. The minimum absolute atomic E-state index is 0. The molecule has 0 bridgehead atoms. The lowest BCUT2D eigenvalue weighted by Gasteiger charge is -2.33. The zero-order valence-electron chi connectivity index (χ0n) is 18.3. The molecule has 1 saturated heterocycles. The number of amides is 1. The highest BCUT2D eigenvalue weighted by Gasteiger charge is 2.23. The first-order valence-corrected chi connectivity index (χ1v) is 10.7. The number of carboxylic acid groups (broad SMARTS) is 1. The minimum Gasteiger partial charge on any atom is -0.504 e. The van der Waals surface area contributed by atoms with Crippen LogP contribution in [0.2, 0.25) is 0 Å². The van der Waals surface area contributed by atoms with Crippen LogP contribution in [-0.4, -0.2) is 51.7 Å². The Labute approximate surface area is 198 Å². The van der Waals surface area contributed by atoms with E-state index in [2.05, 4.69) is 50.5 Å². The maximum absolute atomic E-state index is 12.2. The van der Waals surface area contributed by atoms with Crippen LogP contribution in [0, 0.1) is 12.8 Å². The van der Waals surface area contributed by atoms with E-state index in [0.29, 0.717) is 23.9 Å². The van der Waals surface area contributed by atoms with Crippen molar-refractivity contribution in [1.82, 2.24) is 15.3 Å². The quantitative estimate of drug-likeness (QED) is 0.506. The number of nitrogens with one attached hydrogen (secondary N) is 1. The van der Waals surface area contributed by atoms with Gasteiger partial charge in [-0.15, -0.1) is 12.4 Å². The van der Waals surface area contributed by atoms with E-state index in [9.17, 15) is 14.7 Å². The number of carbonyl (C=O) groups excluding carboxylic acids is 1. The number of aromatic hydroxyl groups is 1. The van der Waals surface area contributed by atoms with E-state index in [4.69, 9.17) is 5.11 Å². The van der Waals surface area contributed by atoms with Crippen LogP contribution in [-0.2, 0) is 11.2 Å². The molecule has 0 atom stereocenters. The second kappa shape index (κ2) is 10.5. The summed E-state index contributed by atoms with van der Waals surface area (Å²) in [5.41, 5.74) is 1.35. The van der Waals surface area contributed by atoms with Gasteiger partial charge in [0.25, 0.3) is 5.91 Å². The van der Waals surface area contributed by atoms with Crippen LogP contribution in [0.3, 0.4) is 0 Å². The van der Waals surface area contributed by atoms with E-state index in [1.165, 1.54) is 16.5 Å². The summed E-state index contributed by atoms with van der Waals surface area (Å²) in [6, 6.07) is 14.9. The Bertz CT molecular complexity index is 1160. The molecular formula is C24H27ClN4O4. The fraction of sp³-hybridized carbons (Fsp3) is 0.333. The van der Waals surface area contributed by atoms with E-state index in [0.717, 1.165) is 25.9 Å². The summed E-state index contributed by atoms with van der Waals surface area (Å²) in [5, 5.41) is 23.6. The summed E-state index contributed by atoms with van der Waals surface area (Å²) in [6.45, 7) is 2.92. The molecule has 1 aliphatic rings. The lowest BCUT2D eigenvalue weighted by molar-refractivity contribution is -0.135. The Hall–Kier alpha value is -3.39. The zero-order valence-corrected chi connectivity index (χ0v) is 19.1. The lowest BCUT2D eigenvalue weighted by Crippen LogP contribution is -2.34. The highest BCUT2D eigenvalue weighted by atomic mass is 35.5. The minimum atomic E-state index is -1.16. The van der Waals surface area contributed by atoms with Crippen molar-refractivity contribution in [3.05, 3.63) is 59.7 Å². The number of halogens is 1. The number of carbonyl (C=O) groups is 2. The summed E-state index contributed by atoms with van der Waals surface area (Å²) in [7, 11) is 0. The first-order chi connectivity index (χ1) is 15.4. The monoisotopic (exact) mass is 470 g/mol. The molecule has 2 heterocycles. The van der Waals surface area contributed by atoms with E-state index >= 15 is 0 Å². The first-order valence-electron chi connectivity index (χ1n) is 10.7. The van der Waals surface area contributed by atoms with Gasteiger partial charge in [-0.25, -0.2) is 9.97 Å². The zero-order chi connectivity index (χ0) is 22.7. The molecule has 174 valence electrons. The molecule has 1 aliphatic heterocycles. The van der Waals surface area contributed by atoms with Gasteiger partial charge in [-0.05, 0) is 48.6 Å². The fourth-order valence-corrected chi connectivity index (χ4v) is 4.14. The first kappa shape index (κ1) is 24.3. The summed E-state index contributed by atoms with van der Waals surface area (Å²) < 4.78 is 0. The van der Waals surface area contributed by atoms with Crippen molar-refractivity contribution in [2.45, 2.75) is 26.2 Å². The van der Waals surface area contributed by atoms with Gasteiger partial charge in [0.1, 0.15) is 12.4 Å². The van der Waals surface area contributed by atoms with Crippen molar-refractivity contribution in [1.29, 1.82) is 0 Å². The Morgan fingerprint density at radius 2 is 1.79 bits per heavy atom. The average molecular weight is 471 g/mol. The number of piperidine rings is 1. The molecule has 4 rings (SSSR count). The summed E-state index contributed by atoms with van der Waals surface area (Å²) in [6.07, 6.45) is 2.54. The molecule has 1 fully saturated rings. The second-order valence-electron chi connectivity index (χ2n) is 8.16. The Kier molecular flexibility index (Phi) is 7.71. The third-order valence-corrected chi connectivity index (χ3v) is 5.90. The van der Waals surface area contributed by atoms with Gasteiger partial charge in [0.15, 0.2) is 11.4 Å². The Morgan fingerprint density at radius 1 is 1.09 bits per heavy atom. The van der Waals surface area contributed by atoms with Gasteiger partial charge in [0.05, 0.1) is 5.69 Å². The number of fused-ring (bicyclic) bond motifs is 1. The molecule has 0 radical (unpaired) electrons. The molecule has 1 aromatic heterocycles. The predicted molar refractivity (Wildman–Crippen MR) is 128 cm³/mol. The SMILES string of the molecule is Cc1nc(CC2CCN(c3ccc4ccccc4c3)CC2)nc(C(=O)NCC(=O)O)c1O.Cl. The normalized spacial score (nSPS) is 14.0. The molecule has 3 N–H and O–H groups in total. The predicted octanol–water partition coefficient (Wildman–Crippen LogP) is 3.34. The van der Waals surface area contributed by atoms with Crippen LogP contribution in [0.25, 0.3) is 10.8 Å². The van der Waals surface area contributed by atoms with Crippen molar-refractivity contribution in [2.75, 3.05) is 24.5 Å². The van der Waals surface area contributed by atoms with Crippen LogP contribution in [0.5, 0.6) is 5.75 Å². The smallest absolute Gasteiger partial charge is 0.322 e. The number of aromatic nitrogens is 2. The molecule has 3 aromatic rings. The number of carboxylic acids is 1. The van der Waals surface area contributed by atoms with Gasteiger partial charge in [-0.2, -0.15) is 0 Å². The van der Waals surface area contributed by atoms with Crippen LogP contribution in [0.1, 0.15) is 34.8 Å². The molecule has 2 aromatic carbocycles. The number of benzene rings is 2. The Balaban J connectivity index is 0.00000306. The van der Waals surface area contributed by atoms with Crippen molar-refractivity contribution < 1.29 is 19.8 Å². The van der Waals surface area contributed by atoms with E-state index in [-0.39, 0.29) is 23.9 Å². The molecular weight excluding hydrogens is 444 g/mol. The molecule has 1 amide bonds. The average Bonchev–Trinajstić information content (AvgIpc) is 2.80. The van der Waals surface area contributed by atoms with Crippen LogP contribution >= 0.6 is 12.4 Å². The number of rotatable bonds is 6. The van der Waals surface area contributed by atoms with Crippen molar-refractivity contribution in [3.63, 3.8) is 0 Å². The number of hydrogen-bond acceptors (Lipinski definition) is 6. The molecule has 9 heteroatoms. The van der Waals surface area contributed by atoms with E-state index in [1.807, 2.05) is 12.1 Å². The highest BCUT2D eigenvalue weighted by Crippen LogP contribution is 2.28. The fourth-order valence-electron chi connectivity index (χ4n) is 4.14. The van der Waals surface area contributed by atoms with E-state index in [1.54, 1.807) is 6.92 Å². The standard InChI is InChI=1S/C24H26N4O4.ClH/c1-15-23(31)22(24(32)25-14-21(29)30)27-20(26-15)12-16-8-10-28(11-9-16)19-7-6-17-4-2-3-5-18(17)13-19;/h2-7,13,16,31H,8-12,14H2,1H3,(H,25,32)(H,29,30);1H. The lowest BCUT2D eigenvalue weighted by atomic mass is 9.92. The van der Waals surface area contributed by atoms with Crippen molar-refractivity contribution in [2.24, 2.45) is 5.92 Å². The second-order valence-corrected chi connectivity index (χ2v) is 8.16. The van der Waals surface area contributed by atoms with Gasteiger partial charge in [0.2, 0.25) is 0 Å². The largest absolute Gasteiger partial charge is 0.504 e. The molecule has 0 aliphatic carbocycles. The molecule has 33 heavy (non-hydrogen) atoms. The summed E-state index contributed by atoms with van der Waals surface area (Å²) in [5.74, 6) is -1.34. The number of aliphatic carboxylic acids is 1. The number of hydrogen-bond donors (Lipinski definition) is 3. The van der Waals surface area contributed by atoms with Gasteiger partial charge in [-0.3, -0.25) is 9.59 Å². The number of aryl methyl sites for hydroxylation is 1. The van der Waals surface area contributed by atoms with Gasteiger partial charge < -0.3 is 20.4 Å². The van der Waals surface area contributed by atoms with Crippen molar-refractivity contribution in [3.8, 4) is 5.75 Å². The summed E-state index contributed by atoms with van der Waals surface area (Å²) >= 11 is 0. The molecule has 0 spiro atoms. The molecule has 0 unspecified atom stereocenters. The van der Waals surface area contributed by atoms with Gasteiger partial charge >= 0.3 is 5.97 Å². The maximum Gasteiger partial charge on any atom is 0.322 e. The summed E-state index contributed by atoms with van der Waals surface area (Å²) in [4.78, 5) is 33.9. The van der Waals surface area contributed by atoms with Gasteiger partial charge in [-0.1, -0.05) is 30.3 Å². The maximum atomic E-state index is 12.2. The molecule has 0 saturated carbocycles. The van der Waals surface area contributed by atoms with Gasteiger partial charge in [0, 0.05) is 25.2 Å². The van der Waals surface area contributed by atoms with Crippen LogP contribution in [0.15, 0.2) is 42.5 Å². The van der Waals surface area contributed by atoms with Crippen LogP contribution < -0.4 is 10.2 Å². The van der Waals surface area contributed by atoms with Crippen molar-refractivity contribution >= 4 is 40.7 Å². The Morgan fingerprint density at radius 3 is 2.48 bits per heavy atom. The highest BCUT2D eigenvalue weighted by molar-refractivity contribution is 5.96. The van der Waals surface area contributed by atoms with Crippen LogP contribution in [0.4, 0.5) is 5.69 Å².